The standard InChI is InChI=1S/C22H25NO3/c1-2-4-16-7-9-17(10-8-16)21(25)18-11-13-23(14-12-18)22(26)19-5-3-6-20(24)15-19/h3,5-10,15,18,24H,2,4,11-14H2,1H3. The van der Waals surface area contributed by atoms with Gasteiger partial charge in [-0.15, -0.1) is 0 Å². The zero-order chi connectivity index (χ0) is 18.5. The predicted octanol–water partition coefficient (Wildman–Crippen LogP) is 4.08. The summed E-state index contributed by atoms with van der Waals surface area (Å²) in [4.78, 5) is 27.0. The number of hydrogen-bond donors (Lipinski definition) is 1. The molecular formula is C22H25NO3. The number of phenols is 1. The number of likely N-dealkylation sites (tertiary alicyclic amines) is 1. The number of carbonyl (C=O) groups excluding carboxylic acids is 2. The molecular weight excluding hydrogens is 326 g/mol. The topological polar surface area (TPSA) is 57.6 Å². The minimum Gasteiger partial charge on any atom is -0.508 e. The number of rotatable bonds is 5. The van der Waals surface area contributed by atoms with E-state index in [0.29, 0.717) is 31.5 Å². The van der Waals surface area contributed by atoms with Crippen LogP contribution in [0.5, 0.6) is 5.75 Å². The highest BCUT2D eigenvalue weighted by atomic mass is 16.3. The van der Waals surface area contributed by atoms with Crippen molar-refractivity contribution in [2.45, 2.75) is 32.6 Å². The summed E-state index contributed by atoms with van der Waals surface area (Å²) in [7, 11) is 0. The molecule has 1 amide bonds. The molecule has 1 N–H and O–H groups in total. The van der Waals surface area contributed by atoms with Crippen LogP contribution in [0.3, 0.4) is 0 Å². The molecule has 2 aromatic carbocycles. The molecule has 1 saturated heterocycles. The fourth-order valence-corrected chi connectivity index (χ4v) is 3.53. The Kier molecular flexibility index (Phi) is 5.71. The van der Waals surface area contributed by atoms with Gasteiger partial charge in [0.2, 0.25) is 0 Å². The van der Waals surface area contributed by atoms with E-state index in [0.717, 1.165) is 18.4 Å². The first-order chi connectivity index (χ1) is 12.6. The van der Waals surface area contributed by atoms with Gasteiger partial charge in [-0.1, -0.05) is 43.7 Å². The molecule has 136 valence electrons. The molecule has 4 heteroatoms. The molecule has 0 saturated carbocycles. The monoisotopic (exact) mass is 351 g/mol. The highest BCUT2D eigenvalue weighted by Crippen LogP contribution is 2.24. The lowest BCUT2D eigenvalue weighted by Gasteiger charge is -2.31. The van der Waals surface area contributed by atoms with Gasteiger partial charge in [-0.05, 0) is 43.0 Å². The van der Waals surface area contributed by atoms with Gasteiger partial charge in [0.15, 0.2) is 5.78 Å². The number of amides is 1. The maximum Gasteiger partial charge on any atom is 0.253 e. The van der Waals surface area contributed by atoms with Gasteiger partial charge in [-0.25, -0.2) is 0 Å². The molecule has 0 atom stereocenters. The van der Waals surface area contributed by atoms with E-state index in [1.165, 1.54) is 11.6 Å². The molecule has 1 heterocycles. The summed E-state index contributed by atoms with van der Waals surface area (Å²) in [5.41, 5.74) is 2.51. The fraction of sp³-hybridized carbons (Fsp3) is 0.364. The van der Waals surface area contributed by atoms with Crippen LogP contribution in [0.1, 0.15) is 52.5 Å². The Bertz CT molecular complexity index is 774. The number of phenolic OH excluding ortho intramolecular Hbond substituents is 1. The first-order valence-corrected chi connectivity index (χ1v) is 9.30. The van der Waals surface area contributed by atoms with Gasteiger partial charge in [0.1, 0.15) is 5.75 Å². The number of aromatic hydroxyl groups is 1. The second-order valence-corrected chi connectivity index (χ2v) is 6.93. The summed E-state index contributed by atoms with van der Waals surface area (Å²) >= 11 is 0. The lowest BCUT2D eigenvalue weighted by molar-refractivity contribution is 0.0650. The third kappa shape index (κ3) is 4.13. The highest BCUT2D eigenvalue weighted by molar-refractivity contribution is 5.98. The van der Waals surface area contributed by atoms with E-state index >= 15 is 0 Å². The minimum absolute atomic E-state index is 0.0275. The van der Waals surface area contributed by atoms with Crippen molar-refractivity contribution in [2.24, 2.45) is 5.92 Å². The van der Waals surface area contributed by atoms with Gasteiger partial charge < -0.3 is 10.0 Å². The Morgan fingerprint density at radius 2 is 1.73 bits per heavy atom. The van der Waals surface area contributed by atoms with Crippen molar-refractivity contribution >= 4 is 11.7 Å². The number of hydrogen-bond acceptors (Lipinski definition) is 3. The third-order valence-corrected chi connectivity index (χ3v) is 5.02. The van der Waals surface area contributed by atoms with Crippen LogP contribution in [-0.2, 0) is 6.42 Å². The maximum atomic E-state index is 12.7. The van der Waals surface area contributed by atoms with E-state index in [9.17, 15) is 14.7 Å². The van der Waals surface area contributed by atoms with Gasteiger partial charge in [0.25, 0.3) is 5.91 Å². The summed E-state index contributed by atoms with van der Waals surface area (Å²) in [5, 5.41) is 9.54. The normalized spacial score (nSPS) is 15.0. The van der Waals surface area contributed by atoms with Crippen LogP contribution in [0.4, 0.5) is 0 Å². The highest BCUT2D eigenvalue weighted by Gasteiger charge is 2.28. The van der Waals surface area contributed by atoms with Gasteiger partial charge >= 0.3 is 0 Å². The Morgan fingerprint density at radius 3 is 2.35 bits per heavy atom. The van der Waals surface area contributed by atoms with Gasteiger partial charge in [0, 0.05) is 30.1 Å². The van der Waals surface area contributed by atoms with E-state index in [4.69, 9.17) is 0 Å². The van der Waals surface area contributed by atoms with Crippen molar-refractivity contribution in [3.8, 4) is 5.75 Å². The van der Waals surface area contributed by atoms with Gasteiger partial charge in [-0.3, -0.25) is 9.59 Å². The largest absolute Gasteiger partial charge is 0.508 e. The average molecular weight is 351 g/mol. The van der Waals surface area contributed by atoms with E-state index in [1.54, 1.807) is 23.1 Å². The predicted molar refractivity (Wildman–Crippen MR) is 102 cm³/mol. The van der Waals surface area contributed by atoms with Crippen molar-refractivity contribution in [2.75, 3.05) is 13.1 Å². The first kappa shape index (κ1) is 18.2. The van der Waals surface area contributed by atoms with Crippen LogP contribution >= 0.6 is 0 Å². The second kappa shape index (κ2) is 8.17. The Morgan fingerprint density at radius 1 is 1.04 bits per heavy atom. The molecule has 0 bridgehead atoms. The van der Waals surface area contributed by atoms with Crippen LogP contribution in [0.15, 0.2) is 48.5 Å². The average Bonchev–Trinajstić information content (AvgIpc) is 2.68. The lowest BCUT2D eigenvalue weighted by Crippen LogP contribution is -2.40. The molecule has 1 aliphatic rings. The molecule has 0 aromatic heterocycles. The zero-order valence-corrected chi connectivity index (χ0v) is 15.1. The number of carbonyl (C=O) groups is 2. The van der Waals surface area contributed by atoms with Crippen molar-refractivity contribution in [3.05, 3.63) is 65.2 Å². The maximum absolute atomic E-state index is 12.7. The van der Waals surface area contributed by atoms with Crippen LogP contribution < -0.4 is 0 Å². The molecule has 0 radical (unpaired) electrons. The van der Waals surface area contributed by atoms with Crippen LogP contribution in [-0.4, -0.2) is 34.8 Å². The Hall–Kier alpha value is -2.62. The summed E-state index contributed by atoms with van der Waals surface area (Å²) < 4.78 is 0. The van der Waals surface area contributed by atoms with E-state index in [1.807, 2.05) is 24.3 Å². The van der Waals surface area contributed by atoms with Gasteiger partial charge in [-0.2, -0.15) is 0 Å². The SMILES string of the molecule is CCCc1ccc(C(=O)C2CCN(C(=O)c3cccc(O)c3)CC2)cc1. The van der Waals surface area contributed by atoms with Crippen molar-refractivity contribution in [1.82, 2.24) is 4.90 Å². The summed E-state index contributed by atoms with van der Waals surface area (Å²) in [5.74, 6) is 0.154. The van der Waals surface area contributed by atoms with Crippen LogP contribution in [0.25, 0.3) is 0 Å². The summed E-state index contributed by atoms with van der Waals surface area (Å²) in [6, 6.07) is 14.3. The number of Topliss-reactive ketones (excluding diaryl/α,β-unsaturated/α-hetero) is 1. The quantitative estimate of drug-likeness (QED) is 0.826. The Labute approximate surface area is 154 Å². The third-order valence-electron chi connectivity index (χ3n) is 5.02. The number of piperidine rings is 1. The molecule has 1 aliphatic heterocycles. The first-order valence-electron chi connectivity index (χ1n) is 9.30. The molecule has 1 fully saturated rings. The number of ketones is 1. The zero-order valence-electron chi connectivity index (χ0n) is 15.1. The van der Waals surface area contributed by atoms with Crippen molar-refractivity contribution < 1.29 is 14.7 Å². The minimum atomic E-state index is -0.0873. The smallest absolute Gasteiger partial charge is 0.253 e. The number of aryl methyl sites for hydroxylation is 1. The van der Waals surface area contributed by atoms with Crippen LogP contribution in [0, 0.1) is 5.92 Å². The molecule has 0 spiro atoms. The van der Waals surface area contributed by atoms with E-state index in [-0.39, 0.29) is 23.4 Å². The van der Waals surface area contributed by atoms with Crippen LogP contribution in [0.2, 0.25) is 0 Å². The lowest BCUT2D eigenvalue weighted by atomic mass is 9.88. The van der Waals surface area contributed by atoms with E-state index < -0.39 is 0 Å². The summed E-state index contributed by atoms with van der Waals surface area (Å²) in [6.45, 7) is 3.28. The fourth-order valence-electron chi connectivity index (χ4n) is 3.53. The number of benzene rings is 2. The molecule has 4 nitrogen and oxygen atoms in total. The Balaban J connectivity index is 1.59. The molecule has 2 aromatic rings. The summed E-state index contributed by atoms with van der Waals surface area (Å²) in [6.07, 6.45) is 3.49. The number of nitrogens with zero attached hydrogens (tertiary/aromatic N) is 1. The van der Waals surface area contributed by atoms with Crippen molar-refractivity contribution in [3.63, 3.8) is 0 Å². The molecule has 0 unspecified atom stereocenters. The molecule has 26 heavy (non-hydrogen) atoms. The molecule has 3 rings (SSSR count). The molecule has 0 aliphatic carbocycles. The van der Waals surface area contributed by atoms with Crippen molar-refractivity contribution in [1.29, 1.82) is 0 Å². The van der Waals surface area contributed by atoms with Gasteiger partial charge in [0.05, 0.1) is 0 Å². The second-order valence-electron chi connectivity index (χ2n) is 6.93. The van der Waals surface area contributed by atoms with E-state index in [2.05, 4.69) is 6.92 Å².